The monoisotopic (exact) mass is 307 g/mol. The minimum absolute atomic E-state index is 0.0651. The van der Waals surface area contributed by atoms with E-state index in [-0.39, 0.29) is 18.3 Å². The maximum atomic E-state index is 12.9. The van der Waals surface area contributed by atoms with Gasteiger partial charge in [-0.2, -0.15) is 0 Å². The lowest BCUT2D eigenvalue weighted by atomic mass is 9.96. The Morgan fingerprint density at radius 3 is 2.68 bits per heavy atom. The summed E-state index contributed by atoms with van der Waals surface area (Å²) < 4.78 is 18.2. The number of rotatable bonds is 5. The Labute approximate surface area is 130 Å². The summed E-state index contributed by atoms with van der Waals surface area (Å²) >= 11 is 0. The second-order valence-corrected chi connectivity index (χ2v) is 5.81. The van der Waals surface area contributed by atoms with Crippen LogP contribution in [0.4, 0.5) is 4.39 Å². The van der Waals surface area contributed by atoms with E-state index in [1.165, 1.54) is 30.3 Å². The lowest BCUT2D eigenvalue weighted by molar-refractivity contribution is -0.117. The smallest absolute Gasteiger partial charge is 0.243 e. The lowest BCUT2D eigenvalue weighted by Crippen LogP contribution is -2.38. The predicted octanol–water partition coefficient (Wildman–Crippen LogP) is 2.13. The minimum atomic E-state index is -1.24. The van der Waals surface area contributed by atoms with Crippen LogP contribution >= 0.6 is 0 Å². The van der Waals surface area contributed by atoms with Gasteiger partial charge in [-0.25, -0.2) is 4.39 Å². The zero-order valence-electron chi connectivity index (χ0n) is 12.7. The molecular formula is C17H22FNO3. The summed E-state index contributed by atoms with van der Waals surface area (Å²) in [5.74, 6) is -0.228. The van der Waals surface area contributed by atoms with Crippen LogP contribution in [0.15, 0.2) is 36.4 Å². The predicted molar refractivity (Wildman–Crippen MR) is 81.7 cm³/mol. The van der Waals surface area contributed by atoms with Gasteiger partial charge < -0.3 is 15.2 Å². The summed E-state index contributed by atoms with van der Waals surface area (Å²) in [6, 6.07) is 5.60. The third-order valence-corrected chi connectivity index (χ3v) is 3.86. The van der Waals surface area contributed by atoms with Crippen molar-refractivity contribution in [2.45, 2.75) is 25.4 Å². The van der Waals surface area contributed by atoms with Crippen molar-refractivity contribution in [1.82, 2.24) is 5.32 Å². The lowest BCUT2D eigenvalue weighted by Gasteiger charge is -2.24. The summed E-state index contributed by atoms with van der Waals surface area (Å²) in [6.45, 7) is 3.12. The fourth-order valence-corrected chi connectivity index (χ4v) is 2.36. The molecule has 1 saturated heterocycles. The Morgan fingerprint density at radius 1 is 1.41 bits per heavy atom. The van der Waals surface area contributed by atoms with Crippen LogP contribution in [-0.4, -0.2) is 30.8 Å². The van der Waals surface area contributed by atoms with Gasteiger partial charge in [0.05, 0.1) is 6.54 Å². The molecule has 5 heteroatoms. The molecule has 120 valence electrons. The van der Waals surface area contributed by atoms with Crippen molar-refractivity contribution in [3.05, 3.63) is 47.8 Å². The molecule has 2 N–H and O–H groups in total. The maximum Gasteiger partial charge on any atom is 0.243 e. The standard InChI is InChI=1S/C17H22FNO3/c1-17(21,14-3-5-15(18)6-4-14)12-19-16(20)7-2-13-8-10-22-11-9-13/h2-7,13,21H,8-12H2,1H3,(H,19,20)/b7-2+. The number of amides is 1. The molecule has 22 heavy (non-hydrogen) atoms. The molecule has 0 bridgehead atoms. The van der Waals surface area contributed by atoms with Crippen molar-refractivity contribution in [1.29, 1.82) is 0 Å². The van der Waals surface area contributed by atoms with Gasteiger partial charge in [-0.3, -0.25) is 4.79 Å². The minimum Gasteiger partial charge on any atom is -0.384 e. The van der Waals surface area contributed by atoms with Crippen LogP contribution in [0.25, 0.3) is 0 Å². The van der Waals surface area contributed by atoms with Crippen LogP contribution in [0.1, 0.15) is 25.3 Å². The first-order valence-corrected chi connectivity index (χ1v) is 7.49. The molecule has 0 aliphatic carbocycles. The molecule has 1 aliphatic heterocycles. The molecule has 1 heterocycles. The zero-order chi connectivity index (χ0) is 16.0. The number of ether oxygens (including phenoxy) is 1. The van der Waals surface area contributed by atoms with E-state index in [9.17, 15) is 14.3 Å². The first kappa shape index (κ1) is 16.6. The molecule has 2 rings (SSSR count). The zero-order valence-corrected chi connectivity index (χ0v) is 12.7. The average Bonchev–Trinajstić information content (AvgIpc) is 2.52. The third-order valence-electron chi connectivity index (χ3n) is 3.86. The number of carbonyl (C=O) groups excluding carboxylic acids is 1. The Kier molecular flexibility index (Phi) is 5.69. The van der Waals surface area contributed by atoms with Crippen molar-refractivity contribution >= 4 is 5.91 Å². The number of hydrogen-bond donors (Lipinski definition) is 2. The van der Waals surface area contributed by atoms with Crippen LogP contribution in [0.5, 0.6) is 0 Å². The normalized spacial score (nSPS) is 19.0. The number of benzene rings is 1. The van der Waals surface area contributed by atoms with Gasteiger partial charge in [-0.05, 0) is 49.5 Å². The van der Waals surface area contributed by atoms with Crippen LogP contribution in [0, 0.1) is 11.7 Å². The second kappa shape index (κ2) is 7.51. The molecule has 1 aliphatic rings. The third kappa shape index (κ3) is 4.93. The SMILES string of the molecule is CC(O)(CNC(=O)/C=C/C1CCOCC1)c1ccc(F)cc1. The molecule has 0 aromatic heterocycles. The first-order valence-electron chi connectivity index (χ1n) is 7.49. The van der Waals surface area contributed by atoms with E-state index in [4.69, 9.17) is 4.74 Å². The van der Waals surface area contributed by atoms with Gasteiger partial charge in [0.1, 0.15) is 11.4 Å². The molecule has 4 nitrogen and oxygen atoms in total. The van der Waals surface area contributed by atoms with Crippen molar-refractivity contribution in [3.63, 3.8) is 0 Å². The maximum absolute atomic E-state index is 12.9. The van der Waals surface area contributed by atoms with Crippen LogP contribution in [-0.2, 0) is 15.1 Å². The van der Waals surface area contributed by atoms with E-state index in [1.807, 2.05) is 6.08 Å². The van der Waals surface area contributed by atoms with E-state index in [2.05, 4.69) is 5.32 Å². The summed E-state index contributed by atoms with van der Waals surface area (Å²) in [4.78, 5) is 11.8. The number of carbonyl (C=O) groups is 1. The van der Waals surface area contributed by atoms with Crippen LogP contribution < -0.4 is 5.32 Å². The summed E-state index contributed by atoms with van der Waals surface area (Å²) in [6.07, 6.45) is 5.26. The molecule has 0 radical (unpaired) electrons. The molecule has 0 saturated carbocycles. The fourth-order valence-electron chi connectivity index (χ4n) is 2.36. The highest BCUT2D eigenvalue weighted by atomic mass is 19.1. The summed E-state index contributed by atoms with van der Waals surface area (Å²) in [5, 5.41) is 13.0. The molecule has 1 aromatic rings. The highest BCUT2D eigenvalue weighted by Crippen LogP contribution is 2.20. The van der Waals surface area contributed by atoms with Gasteiger partial charge in [0, 0.05) is 13.2 Å². The molecular weight excluding hydrogens is 285 g/mol. The molecule has 1 atom stereocenters. The number of nitrogens with one attached hydrogen (secondary N) is 1. The number of halogens is 1. The van der Waals surface area contributed by atoms with Gasteiger partial charge in [-0.15, -0.1) is 0 Å². The largest absolute Gasteiger partial charge is 0.384 e. The highest BCUT2D eigenvalue weighted by Gasteiger charge is 2.23. The molecule has 0 spiro atoms. The van der Waals surface area contributed by atoms with E-state index in [0.29, 0.717) is 11.5 Å². The number of allylic oxidation sites excluding steroid dienone is 1. The van der Waals surface area contributed by atoms with Crippen molar-refractivity contribution in [3.8, 4) is 0 Å². The van der Waals surface area contributed by atoms with E-state index in [0.717, 1.165) is 26.1 Å². The van der Waals surface area contributed by atoms with Gasteiger partial charge in [-0.1, -0.05) is 18.2 Å². The second-order valence-electron chi connectivity index (χ2n) is 5.81. The van der Waals surface area contributed by atoms with E-state index < -0.39 is 5.60 Å². The van der Waals surface area contributed by atoms with Crippen molar-refractivity contribution in [2.24, 2.45) is 5.92 Å². The highest BCUT2D eigenvalue weighted by molar-refractivity contribution is 5.87. The van der Waals surface area contributed by atoms with Gasteiger partial charge in [0.25, 0.3) is 0 Å². The van der Waals surface area contributed by atoms with E-state index in [1.54, 1.807) is 6.92 Å². The van der Waals surface area contributed by atoms with E-state index >= 15 is 0 Å². The Morgan fingerprint density at radius 2 is 2.05 bits per heavy atom. The van der Waals surface area contributed by atoms with Crippen LogP contribution in [0.3, 0.4) is 0 Å². The number of aliphatic hydroxyl groups is 1. The van der Waals surface area contributed by atoms with Gasteiger partial charge in [0.15, 0.2) is 0 Å². The Hall–Kier alpha value is -1.72. The average molecular weight is 307 g/mol. The molecule has 1 aromatic carbocycles. The van der Waals surface area contributed by atoms with Crippen LogP contribution in [0.2, 0.25) is 0 Å². The Bertz CT molecular complexity index is 519. The molecule has 1 unspecified atom stereocenters. The van der Waals surface area contributed by atoms with Gasteiger partial charge in [0.2, 0.25) is 5.91 Å². The fraction of sp³-hybridized carbons (Fsp3) is 0.471. The Balaban J connectivity index is 1.84. The van der Waals surface area contributed by atoms with Crippen molar-refractivity contribution in [2.75, 3.05) is 19.8 Å². The topological polar surface area (TPSA) is 58.6 Å². The quantitative estimate of drug-likeness (QED) is 0.819. The summed E-state index contributed by atoms with van der Waals surface area (Å²) in [5.41, 5.74) is -0.682. The van der Waals surface area contributed by atoms with Crippen molar-refractivity contribution < 1.29 is 19.0 Å². The molecule has 1 amide bonds. The van der Waals surface area contributed by atoms with Gasteiger partial charge >= 0.3 is 0 Å². The number of hydrogen-bond acceptors (Lipinski definition) is 3. The summed E-state index contributed by atoms with van der Waals surface area (Å²) in [7, 11) is 0. The molecule has 1 fully saturated rings. The first-order chi connectivity index (χ1) is 10.5.